The summed E-state index contributed by atoms with van der Waals surface area (Å²) < 4.78 is 5.80. The van der Waals surface area contributed by atoms with Gasteiger partial charge in [-0.2, -0.15) is 15.0 Å². The molecule has 1 aromatic heterocycles. The lowest BCUT2D eigenvalue weighted by molar-refractivity contribution is -0.145. The second kappa shape index (κ2) is 6.26. The maximum absolute atomic E-state index is 13.5. The van der Waals surface area contributed by atoms with Gasteiger partial charge in [0.25, 0.3) is 0 Å². The number of aromatic nitrogens is 3. The fourth-order valence-electron chi connectivity index (χ4n) is 4.30. The highest BCUT2D eigenvalue weighted by Gasteiger charge is 2.49. The number of nitrogens with zero attached hydrogens (tertiary/aromatic N) is 3. The lowest BCUT2D eigenvalue weighted by Gasteiger charge is -2.35. The molecular formula is C25H17N3O2. The summed E-state index contributed by atoms with van der Waals surface area (Å²) in [4.78, 5) is 15.1. The first-order valence-electron chi connectivity index (χ1n) is 9.87. The first-order valence-corrected chi connectivity index (χ1v) is 9.87. The number of esters is 1. The molecular weight excluding hydrogens is 374 g/mol. The van der Waals surface area contributed by atoms with Gasteiger partial charge in [0.1, 0.15) is 16.8 Å². The summed E-state index contributed by atoms with van der Waals surface area (Å²) in [5.74, 6) is 0.216. The van der Waals surface area contributed by atoms with E-state index in [4.69, 9.17) is 14.9 Å². The molecule has 0 aliphatic carbocycles. The zero-order valence-electron chi connectivity index (χ0n) is 16.0. The molecule has 5 heteroatoms. The molecule has 5 nitrogen and oxygen atoms in total. The number of carbonyl (C=O) groups excluding carboxylic acids is 1. The minimum atomic E-state index is -1.17. The summed E-state index contributed by atoms with van der Waals surface area (Å²) in [6.07, 6.45) is 0.422. The van der Waals surface area contributed by atoms with Crippen LogP contribution < -0.4 is 4.74 Å². The van der Waals surface area contributed by atoms with Crippen LogP contribution in [0.3, 0.4) is 0 Å². The maximum Gasteiger partial charge on any atom is 0.346 e. The van der Waals surface area contributed by atoms with E-state index in [0.717, 1.165) is 32.9 Å². The second-order valence-electron chi connectivity index (χ2n) is 7.54. The van der Waals surface area contributed by atoms with Crippen molar-refractivity contribution in [2.45, 2.75) is 12.0 Å². The molecule has 0 amide bonds. The molecule has 2 heterocycles. The van der Waals surface area contributed by atoms with Crippen molar-refractivity contribution in [3.05, 3.63) is 102 Å². The fraction of sp³-hybridized carbons (Fsp3) is 0.0800. The quantitative estimate of drug-likeness (QED) is 0.329. The van der Waals surface area contributed by atoms with Crippen LogP contribution in [0.4, 0.5) is 0 Å². The van der Waals surface area contributed by atoms with Crippen LogP contribution in [0.1, 0.15) is 11.1 Å². The topological polar surface area (TPSA) is 57.0 Å². The number of fused-ring (bicyclic) bond motifs is 4. The Morgan fingerprint density at radius 1 is 0.800 bits per heavy atom. The van der Waals surface area contributed by atoms with Gasteiger partial charge >= 0.3 is 5.97 Å². The summed E-state index contributed by atoms with van der Waals surface area (Å²) in [6.45, 7) is 0. The van der Waals surface area contributed by atoms with Crippen molar-refractivity contribution in [2.24, 2.45) is 0 Å². The lowest BCUT2D eigenvalue weighted by atomic mass is 9.82. The highest BCUT2D eigenvalue weighted by molar-refractivity contribution is 6.03. The number of ether oxygens (including phenoxy) is 1. The van der Waals surface area contributed by atoms with Gasteiger partial charge in [-0.1, -0.05) is 78.9 Å². The van der Waals surface area contributed by atoms with E-state index in [0.29, 0.717) is 12.2 Å². The Morgan fingerprint density at radius 3 is 2.47 bits per heavy atom. The standard InChI is InChI=1S/C25H17N3O2/c29-24-25(19-10-2-1-3-11-19,16-18-9-5-7-13-22(18)30-24)28-26-21-15-14-17-8-4-6-12-20(17)23(21)27-28/h1-15H,16H2. The third-order valence-electron chi connectivity index (χ3n) is 5.83. The van der Waals surface area contributed by atoms with Crippen LogP contribution in [0.2, 0.25) is 0 Å². The monoisotopic (exact) mass is 391 g/mol. The van der Waals surface area contributed by atoms with Crippen LogP contribution in [-0.4, -0.2) is 21.0 Å². The van der Waals surface area contributed by atoms with Gasteiger partial charge in [-0.25, -0.2) is 4.79 Å². The van der Waals surface area contributed by atoms with Crippen LogP contribution >= 0.6 is 0 Å². The van der Waals surface area contributed by atoms with E-state index < -0.39 is 5.54 Å². The van der Waals surface area contributed by atoms with Gasteiger partial charge in [-0.05, 0) is 28.6 Å². The van der Waals surface area contributed by atoms with Crippen molar-refractivity contribution >= 4 is 27.8 Å². The predicted octanol–water partition coefficient (Wildman–Crippen LogP) is 4.49. The summed E-state index contributed by atoms with van der Waals surface area (Å²) in [5, 5.41) is 11.7. The van der Waals surface area contributed by atoms with E-state index in [1.807, 2.05) is 91.0 Å². The van der Waals surface area contributed by atoms with Crippen molar-refractivity contribution in [2.75, 3.05) is 0 Å². The molecule has 0 saturated carbocycles. The van der Waals surface area contributed by atoms with Gasteiger partial charge in [-0.15, -0.1) is 0 Å². The summed E-state index contributed by atoms with van der Waals surface area (Å²) >= 11 is 0. The molecule has 0 N–H and O–H groups in total. The van der Waals surface area contributed by atoms with Crippen LogP contribution in [0, 0.1) is 0 Å². The first kappa shape index (κ1) is 16.9. The van der Waals surface area contributed by atoms with Gasteiger partial charge < -0.3 is 4.74 Å². The van der Waals surface area contributed by atoms with E-state index in [-0.39, 0.29) is 5.97 Å². The third kappa shape index (κ3) is 2.32. The minimum Gasteiger partial charge on any atom is -0.424 e. The van der Waals surface area contributed by atoms with Crippen molar-refractivity contribution in [1.29, 1.82) is 0 Å². The molecule has 1 unspecified atom stereocenters. The van der Waals surface area contributed by atoms with E-state index in [1.165, 1.54) is 0 Å². The molecule has 144 valence electrons. The number of para-hydroxylation sites is 1. The van der Waals surface area contributed by atoms with Crippen LogP contribution in [-0.2, 0) is 16.8 Å². The maximum atomic E-state index is 13.5. The SMILES string of the molecule is O=C1Oc2ccccc2CC1(c1ccccc1)n1nc2ccc3ccccc3c2n1. The molecule has 4 aromatic carbocycles. The van der Waals surface area contributed by atoms with Gasteiger partial charge in [0.15, 0.2) is 0 Å². The average molecular weight is 391 g/mol. The molecule has 1 atom stereocenters. The van der Waals surface area contributed by atoms with E-state index in [9.17, 15) is 4.79 Å². The molecule has 0 saturated heterocycles. The third-order valence-corrected chi connectivity index (χ3v) is 5.83. The molecule has 1 aliphatic rings. The van der Waals surface area contributed by atoms with Gasteiger partial charge in [-0.3, -0.25) is 0 Å². The van der Waals surface area contributed by atoms with E-state index in [1.54, 1.807) is 4.80 Å². The number of rotatable bonds is 2. The van der Waals surface area contributed by atoms with E-state index >= 15 is 0 Å². The molecule has 0 bridgehead atoms. The van der Waals surface area contributed by atoms with Crippen LogP contribution in [0.5, 0.6) is 5.75 Å². The molecule has 1 aliphatic heterocycles. The number of hydrogen-bond acceptors (Lipinski definition) is 4. The van der Waals surface area contributed by atoms with Crippen molar-refractivity contribution < 1.29 is 9.53 Å². The largest absolute Gasteiger partial charge is 0.424 e. The molecule has 0 spiro atoms. The summed E-state index contributed by atoms with van der Waals surface area (Å²) in [7, 11) is 0. The number of hydrogen-bond donors (Lipinski definition) is 0. The van der Waals surface area contributed by atoms with Gasteiger partial charge in [0.2, 0.25) is 5.54 Å². The average Bonchev–Trinajstić information content (AvgIpc) is 3.24. The Kier molecular flexibility index (Phi) is 3.53. The van der Waals surface area contributed by atoms with Crippen molar-refractivity contribution in [1.82, 2.24) is 15.0 Å². The normalized spacial score (nSPS) is 18.3. The zero-order chi connectivity index (χ0) is 20.1. The molecule has 6 rings (SSSR count). The van der Waals surface area contributed by atoms with Gasteiger partial charge in [0, 0.05) is 11.8 Å². The highest BCUT2D eigenvalue weighted by Crippen LogP contribution is 2.39. The minimum absolute atomic E-state index is 0.378. The van der Waals surface area contributed by atoms with Crippen molar-refractivity contribution in [3.8, 4) is 5.75 Å². The zero-order valence-corrected chi connectivity index (χ0v) is 16.0. The fourth-order valence-corrected chi connectivity index (χ4v) is 4.30. The Labute approximate surface area is 172 Å². The number of benzene rings is 4. The van der Waals surface area contributed by atoms with E-state index in [2.05, 4.69) is 0 Å². The summed E-state index contributed by atoms with van der Waals surface area (Å²) in [6, 6.07) is 29.3. The molecule has 5 aromatic rings. The Morgan fingerprint density at radius 2 is 1.57 bits per heavy atom. The molecule has 0 radical (unpaired) electrons. The summed E-state index contributed by atoms with van der Waals surface area (Å²) in [5.41, 5.74) is 2.10. The Bertz CT molecular complexity index is 1420. The second-order valence-corrected chi connectivity index (χ2v) is 7.54. The smallest absolute Gasteiger partial charge is 0.346 e. The van der Waals surface area contributed by atoms with Gasteiger partial charge in [0.05, 0.1) is 0 Å². The highest BCUT2D eigenvalue weighted by atomic mass is 16.5. The predicted molar refractivity (Wildman–Crippen MR) is 114 cm³/mol. The molecule has 30 heavy (non-hydrogen) atoms. The first-order chi connectivity index (χ1) is 14.8. The lowest BCUT2D eigenvalue weighted by Crippen LogP contribution is -2.51. The molecule has 0 fully saturated rings. The Balaban J connectivity index is 1.65. The Hall–Kier alpha value is -3.99. The van der Waals surface area contributed by atoms with Crippen molar-refractivity contribution in [3.63, 3.8) is 0 Å². The van der Waals surface area contributed by atoms with Crippen LogP contribution in [0.15, 0.2) is 91.0 Å². The number of carbonyl (C=O) groups is 1. The van der Waals surface area contributed by atoms with Crippen LogP contribution in [0.25, 0.3) is 21.8 Å².